The third kappa shape index (κ3) is 2.05. The molecule has 1 atom stereocenters. The van der Waals surface area contributed by atoms with E-state index < -0.39 is 0 Å². The van der Waals surface area contributed by atoms with Crippen LogP contribution in [0.3, 0.4) is 0 Å². The fourth-order valence-corrected chi connectivity index (χ4v) is 1.13. The van der Waals surface area contributed by atoms with Crippen molar-refractivity contribution in [2.75, 3.05) is 13.7 Å². The molecule has 66 valence electrons. The van der Waals surface area contributed by atoms with E-state index in [0.29, 0.717) is 0 Å². The molecule has 0 saturated heterocycles. The Labute approximate surface area is 72.6 Å². The minimum Gasteiger partial charge on any atom is -0.311 e. The Morgan fingerprint density at radius 1 is 1.33 bits per heavy atom. The molecule has 0 saturated carbocycles. The van der Waals surface area contributed by atoms with Gasteiger partial charge in [0.25, 0.3) is 0 Å². The highest BCUT2D eigenvalue weighted by Gasteiger charge is 2.06. The Hall–Kier alpha value is -0.890. The van der Waals surface area contributed by atoms with E-state index in [1.807, 2.05) is 31.2 Å². The number of aryl methyl sites for hydroxylation is 1. The van der Waals surface area contributed by atoms with Gasteiger partial charge >= 0.3 is 0 Å². The van der Waals surface area contributed by atoms with Crippen molar-refractivity contribution in [1.29, 1.82) is 0 Å². The molecule has 1 aromatic carbocycles. The molecule has 0 fully saturated rings. The lowest BCUT2D eigenvalue weighted by Crippen LogP contribution is -2.17. The molecular formula is C10H14FN. The molecule has 0 aliphatic rings. The molecule has 1 nitrogen and oxygen atoms in total. The average molecular weight is 167 g/mol. The van der Waals surface area contributed by atoms with E-state index in [1.165, 1.54) is 5.56 Å². The van der Waals surface area contributed by atoms with E-state index in [2.05, 4.69) is 5.32 Å². The number of benzene rings is 1. The zero-order chi connectivity index (χ0) is 8.97. The maximum atomic E-state index is 12.4. The molecule has 0 aliphatic heterocycles. The van der Waals surface area contributed by atoms with Crippen LogP contribution in [-0.2, 0) is 0 Å². The SMILES string of the molecule is CNC(CF)c1ccc(C)cc1. The molecule has 0 heterocycles. The summed E-state index contributed by atoms with van der Waals surface area (Å²) in [4.78, 5) is 0. The topological polar surface area (TPSA) is 12.0 Å². The van der Waals surface area contributed by atoms with Crippen LogP contribution in [0.1, 0.15) is 17.2 Å². The van der Waals surface area contributed by atoms with E-state index >= 15 is 0 Å². The molecule has 0 bridgehead atoms. The summed E-state index contributed by atoms with van der Waals surface area (Å²) in [5.41, 5.74) is 2.21. The van der Waals surface area contributed by atoms with Crippen molar-refractivity contribution < 1.29 is 4.39 Å². The Kier molecular flexibility index (Phi) is 3.23. The fourth-order valence-electron chi connectivity index (χ4n) is 1.13. The smallest absolute Gasteiger partial charge is 0.109 e. The third-order valence-electron chi connectivity index (χ3n) is 1.98. The summed E-state index contributed by atoms with van der Waals surface area (Å²) in [6, 6.07) is 7.74. The molecule has 0 radical (unpaired) electrons. The van der Waals surface area contributed by atoms with E-state index in [1.54, 1.807) is 7.05 Å². The van der Waals surface area contributed by atoms with Gasteiger partial charge in [0, 0.05) is 0 Å². The molecule has 12 heavy (non-hydrogen) atoms. The summed E-state index contributed by atoms with van der Waals surface area (Å²) in [7, 11) is 1.77. The summed E-state index contributed by atoms with van der Waals surface area (Å²) in [5, 5.41) is 2.91. The first kappa shape index (κ1) is 9.20. The number of nitrogens with one attached hydrogen (secondary N) is 1. The molecular weight excluding hydrogens is 153 g/mol. The van der Waals surface area contributed by atoms with Crippen molar-refractivity contribution in [3.05, 3.63) is 35.4 Å². The van der Waals surface area contributed by atoms with Crippen molar-refractivity contribution in [2.24, 2.45) is 0 Å². The van der Waals surface area contributed by atoms with Gasteiger partial charge in [-0.25, -0.2) is 4.39 Å². The molecule has 1 N–H and O–H groups in total. The molecule has 0 spiro atoms. The maximum absolute atomic E-state index is 12.4. The van der Waals surface area contributed by atoms with E-state index in [0.717, 1.165) is 5.56 Å². The van der Waals surface area contributed by atoms with Gasteiger partial charge in [0.1, 0.15) is 6.67 Å². The molecule has 1 aromatic rings. The predicted molar refractivity (Wildman–Crippen MR) is 49.0 cm³/mol. The Morgan fingerprint density at radius 2 is 1.92 bits per heavy atom. The zero-order valence-corrected chi connectivity index (χ0v) is 7.47. The molecule has 1 unspecified atom stereocenters. The number of hydrogen-bond donors (Lipinski definition) is 1. The summed E-state index contributed by atoms with van der Waals surface area (Å²) in [6.45, 7) is 1.66. The lowest BCUT2D eigenvalue weighted by molar-refractivity contribution is 0.400. The number of alkyl halides is 1. The van der Waals surface area contributed by atoms with E-state index in [4.69, 9.17) is 0 Å². The second kappa shape index (κ2) is 4.21. The summed E-state index contributed by atoms with van der Waals surface area (Å²) >= 11 is 0. The normalized spacial score (nSPS) is 12.9. The standard InChI is InChI=1S/C10H14FN/c1-8-3-5-9(6-4-8)10(7-11)12-2/h3-6,10,12H,7H2,1-2H3. The molecule has 0 aliphatic carbocycles. The minimum absolute atomic E-state index is 0.161. The van der Waals surface area contributed by atoms with E-state index in [9.17, 15) is 4.39 Å². The Morgan fingerprint density at radius 3 is 2.33 bits per heavy atom. The lowest BCUT2D eigenvalue weighted by Gasteiger charge is -2.11. The predicted octanol–water partition coefficient (Wildman–Crippen LogP) is 2.23. The second-order valence-corrected chi connectivity index (χ2v) is 2.91. The van der Waals surface area contributed by atoms with Crippen LogP contribution in [0.25, 0.3) is 0 Å². The molecule has 2 heteroatoms. The Bertz CT molecular complexity index is 226. The maximum Gasteiger partial charge on any atom is 0.109 e. The lowest BCUT2D eigenvalue weighted by atomic mass is 10.1. The number of halogens is 1. The van der Waals surface area contributed by atoms with Gasteiger partial charge in [-0.1, -0.05) is 29.8 Å². The fraction of sp³-hybridized carbons (Fsp3) is 0.400. The highest BCUT2D eigenvalue weighted by Crippen LogP contribution is 2.13. The van der Waals surface area contributed by atoms with Crippen molar-refractivity contribution in [3.8, 4) is 0 Å². The van der Waals surface area contributed by atoms with Crippen LogP contribution < -0.4 is 5.32 Å². The molecule has 0 amide bonds. The van der Waals surface area contributed by atoms with Gasteiger partial charge in [-0.2, -0.15) is 0 Å². The number of rotatable bonds is 3. The second-order valence-electron chi connectivity index (χ2n) is 2.91. The average Bonchev–Trinajstić information content (AvgIpc) is 2.10. The minimum atomic E-state index is -0.362. The van der Waals surface area contributed by atoms with Crippen LogP contribution in [-0.4, -0.2) is 13.7 Å². The molecule has 1 rings (SSSR count). The monoisotopic (exact) mass is 167 g/mol. The van der Waals surface area contributed by atoms with Crippen LogP contribution >= 0.6 is 0 Å². The summed E-state index contributed by atoms with van der Waals surface area (Å²) in [6.07, 6.45) is 0. The number of hydrogen-bond acceptors (Lipinski definition) is 1. The van der Waals surface area contributed by atoms with Gasteiger partial charge in [0.2, 0.25) is 0 Å². The van der Waals surface area contributed by atoms with Gasteiger partial charge in [-0.15, -0.1) is 0 Å². The van der Waals surface area contributed by atoms with Gasteiger partial charge in [0.15, 0.2) is 0 Å². The quantitative estimate of drug-likeness (QED) is 0.728. The van der Waals surface area contributed by atoms with Crippen LogP contribution in [0, 0.1) is 6.92 Å². The first-order chi connectivity index (χ1) is 5.77. The van der Waals surface area contributed by atoms with Gasteiger partial charge in [-0.3, -0.25) is 0 Å². The summed E-state index contributed by atoms with van der Waals surface area (Å²) in [5.74, 6) is 0. The van der Waals surface area contributed by atoms with Gasteiger partial charge < -0.3 is 5.32 Å². The molecule has 0 aromatic heterocycles. The van der Waals surface area contributed by atoms with Crippen molar-refractivity contribution >= 4 is 0 Å². The highest BCUT2D eigenvalue weighted by molar-refractivity contribution is 5.24. The van der Waals surface area contributed by atoms with Crippen LogP contribution in [0.15, 0.2) is 24.3 Å². The van der Waals surface area contributed by atoms with Gasteiger partial charge in [-0.05, 0) is 19.5 Å². The van der Waals surface area contributed by atoms with Crippen LogP contribution in [0.4, 0.5) is 4.39 Å². The highest BCUT2D eigenvalue weighted by atomic mass is 19.1. The van der Waals surface area contributed by atoms with Crippen molar-refractivity contribution in [1.82, 2.24) is 5.32 Å². The zero-order valence-electron chi connectivity index (χ0n) is 7.47. The van der Waals surface area contributed by atoms with Crippen LogP contribution in [0.2, 0.25) is 0 Å². The van der Waals surface area contributed by atoms with E-state index in [-0.39, 0.29) is 12.7 Å². The summed E-state index contributed by atoms with van der Waals surface area (Å²) < 4.78 is 12.4. The van der Waals surface area contributed by atoms with Crippen LogP contribution in [0.5, 0.6) is 0 Å². The Balaban J connectivity index is 2.80. The van der Waals surface area contributed by atoms with Crippen molar-refractivity contribution in [2.45, 2.75) is 13.0 Å². The largest absolute Gasteiger partial charge is 0.311 e. The first-order valence-corrected chi connectivity index (χ1v) is 4.07. The van der Waals surface area contributed by atoms with Gasteiger partial charge in [0.05, 0.1) is 6.04 Å². The third-order valence-corrected chi connectivity index (χ3v) is 1.98. The van der Waals surface area contributed by atoms with Crippen molar-refractivity contribution in [3.63, 3.8) is 0 Å². The first-order valence-electron chi connectivity index (χ1n) is 4.07.